The van der Waals surface area contributed by atoms with Crippen molar-refractivity contribution in [3.63, 3.8) is 0 Å². The number of amides is 1. The fourth-order valence-corrected chi connectivity index (χ4v) is 1.84. The maximum absolute atomic E-state index is 13.4. The molecule has 0 saturated heterocycles. The highest BCUT2D eigenvalue weighted by atomic mass is 19.1. The molecule has 0 heterocycles. The topological polar surface area (TPSA) is 73.6 Å². The lowest BCUT2D eigenvalue weighted by molar-refractivity contribution is 0.102. The second-order valence-corrected chi connectivity index (χ2v) is 4.22. The summed E-state index contributed by atoms with van der Waals surface area (Å²) in [5, 5.41) is 2.63. The van der Waals surface area contributed by atoms with E-state index in [1.54, 1.807) is 18.2 Å². The highest BCUT2D eigenvalue weighted by Crippen LogP contribution is 2.29. The van der Waals surface area contributed by atoms with Gasteiger partial charge in [0.25, 0.3) is 5.91 Å². The van der Waals surface area contributed by atoms with Gasteiger partial charge < -0.3 is 20.5 Å². The van der Waals surface area contributed by atoms with Gasteiger partial charge in [-0.05, 0) is 24.3 Å². The van der Waals surface area contributed by atoms with Crippen molar-refractivity contribution in [2.45, 2.75) is 0 Å². The number of methoxy groups -OCH3 is 2. The largest absolute Gasteiger partial charge is 0.497 e. The number of carbonyl (C=O) groups excluding carboxylic acids is 1. The predicted octanol–water partition coefficient (Wildman–Crippen LogP) is 2.68. The first-order valence-electron chi connectivity index (χ1n) is 6.14. The minimum Gasteiger partial charge on any atom is -0.497 e. The maximum atomic E-state index is 13.4. The molecule has 0 bridgehead atoms. The molecule has 0 atom stereocenters. The van der Waals surface area contributed by atoms with Gasteiger partial charge >= 0.3 is 0 Å². The Labute approximate surface area is 121 Å². The number of rotatable bonds is 4. The van der Waals surface area contributed by atoms with Crippen LogP contribution in [-0.4, -0.2) is 20.1 Å². The number of anilines is 2. The molecule has 0 radical (unpaired) electrons. The van der Waals surface area contributed by atoms with Gasteiger partial charge in [0.15, 0.2) is 0 Å². The Morgan fingerprint density at radius 3 is 2.62 bits per heavy atom. The lowest BCUT2D eigenvalue weighted by Gasteiger charge is -2.12. The summed E-state index contributed by atoms with van der Waals surface area (Å²) in [6.45, 7) is 0. The van der Waals surface area contributed by atoms with Crippen LogP contribution >= 0.6 is 0 Å². The Hall–Kier alpha value is -2.76. The average molecular weight is 290 g/mol. The summed E-state index contributed by atoms with van der Waals surface area (Å²) in [6, 6.07) is 9.02. The Kier molecular flexibility index (Phi) is 4.27. The van der Waals surface area contributed by atoms with E-state index in [2.05, 4.69) is 5.32 Å². The Balaban J connectivity index is 2.33. The molecule has 0 unspecified atom stereocenters. The standard InChI is InChI=1S/C15H15FN2O3/c1-20-9-6-7-13(21-2)12(8-9)18-15(19)10-4-3-5-11(16)14(10)17/h3-8H,17H2,1-2H3,(H,18,19). The molecule has 2 rings (SSSR count). The van der Waals surface area contributed by atoms with Crippen molar-refractivity contribution in [3.05, 3.63) is 47.8 Å². The van der Waals surface area contributed by atoms with E-state index in [1.807, 2.05) is 0 Å². The molecule has 0 fully saturated rings. The van der Waals surface area contributed by atoms with Crippen LogP contribution in [0.25, 0.3) is 0 Å². The third kappa shape index (κ3) is 3.05. The molecule has 2 aromatic carbocycles. The Bertz CT molecular complexity index is 674. The smallest absolute Gasteiger partial charge is 0.257 e. The molecule has 0 aliphatic rings. The van der Waals surface area contributed by atoms with Gasteiger partial charge in [-0.1, -0.05) is 6.07 Å². The third-order valence-corrected chi connectivity index (χ3v) is 2.95. The number of hydrogen-bond acceptors (Lipinski definition) is 4. The zero-order valence-corrected chi connectivity index (χ0v) is 11.6. The number of benzene rings is 2. The number of nitrogens with two attached hydrogens (primary N) is 1. The van der Waals surface area contributed by atoms with Crippen molar-refractivity contribution in [2.24, 2.45) is 0 Å². The monoisotopic (exact) mass is 290 g/mol. The molecule has 0 aliphatic carbocycles. The van der Waals surface area contributed by atoms with Crippen molar-refractivity contribution >= 4 is 17.3 Å². The lowest BCUT2D eigenvalue weighted by Crippen LogP contribution is -2.15. The first-order valence-corrected chi connectivity index (χ1v) is 6.14. The van der Waals surface area contributed by atoms with E-state index >= 15 is 0 Å². The fraction of sp³-hybridized carbons (Fsp3) is 0.133. The Morgan fingerprint density at radius 1 is 1.19 bits per heavy atom. The van der Waals surface area contributed by atoms with Crippen LogP contribution in [0.3, 0.4) is 0 Å². The van der Waals surface area contributed by atoms with E-state index in [0.29, 0.717) is 17.2 Å². The lowest BCUT2D eigenvalue weighted by atomic mass is 10.1. The van der Waals surface area contributed by atoms with E-state index in [9.17, 15) is 9.18 Å². The van der Waals surface area contributed by atoms with Crippen LogP contribution in [0.15, 0.2) is 36.4 Å². The van der Waals surface area contributed by atoms with Crippen LogP contribution in [0.2, 0.25) is 0 Å². The molecule has 1 amide bonds. The van der Waals surface area contributed by atoms with E-state index in [-0.39, 0.29) is 11.3 Å². The van der Waals surface area contributed by atoms with Crippen LogP contribution in [-0.2, 0) is 0 Å². The van der Waals surface area contributed by atoms with Crippen LogP contribution in [0.4, 0.5) is 15.8 Å². The van der Waals surface area contributed by atoms with Gasteiger partial charge in [-0.3, -0.25) is 4.79 Å². The normalized spacial score (nSPS) is 10.0. The quantitative estimate of drug-likeness (QED) is 0.849. The van der Waals surface area contributed by atoms with Crippen molar-refractivity contribution in [3.8, 4) is 11.5 Å². The van der Waals surface area contributed by atoms with Crippen LogP contribution < -0.4 is 20.5 Å². The number of nitrogens with one attached hydrogen (secondary N) is 1. The zero-order valence-electron chi connectivity index (χ0n) is 11.6. The highest BCUT2D eigenvalue weighted by Gasteiger charge is 2.15. The van der Waals surface area contributed by atoms with Crippen molar-refractivity contribution in [1.29, 1.82) is 0 Å². The number of ether oxygens (including phenoxy) is 2. The zero-order chi connectivity index (χ0) is 15.4. The summed E-state index contributed by atoms with van der Waals surface area (Å²) >= 11 is 0. The molecule has 2 aromatic rings. The summed E-state index contributed by atoms with van der Waals surface area (Å²) in [6.07, 6.45) is 0. The second kappa shape index (κ2) is 6.13. The molecule has 110 valence electrons. The summed E-state index contributed by atoms with van der Waals surface area (Å²) in [5.74, 6) is -0.156. The van der Waals surface area contributed by atoms with Gasteiger partial charge in [-0.15, -0.1) is 0 Å². The summed E-state index contributed by atoms with van der Waals surface area (Å²) in [5.41, 5.74) is 5.84. The van der Waals surface area contributed by atoms with Gasteiger partial charge in [-0.2, -0.15) is 0 Å². The van der Waals surface area contributed by atoms with Crippen LogP contribution in [0, 0.1) is 5.82 Å². The van der Waals surface area contributed by atoms with Gasteiger partial charge in [-0.25, -0.2) is 4.39 Å². The first kappa shape index (κ1) is 14.6. The number of hydrogen-bond donors (Lipinski definition) is 2. The maximum Gasteiger partial charge on any atom is 0.257 e. The number of carbonyl (C=O) groups is 1. The molecular formula is C15H15FN2O3. The van der Waals surface area contributed by atoms with Gasteiger partial charge in [0, 0.05) is 6.07 Å². The van der Waals surface area contributed by atoms with Crippen molar-refractivity contribution in [2.75, 3.05) is 25.3 Å². The highest BCUT2D eigenvalue weighted by molar-refractivity contribution is 6.08. The summed E-state index contributed by atoms with van der Waals surface area (Å²) < 4.78 is 23.6. The van der Waals surface area contributed by atoms with Gasteiger partial charge in [0.05, 0.1) is 31.2 Å². The van der Waals surface area contributed by atoms with Crippen molar-refractivity contribution < 1.29 is 18.7 Å². The molecule has 0 aromatic heterocycles. The molecule has 6 heteroatoms. The third-order valence-electron chi connectivity index (χ3n) is 2.95. The fourth-order valence-electron chi connectivity index (χ4n) is 1.84. The Morgan fingerprint density at radius 2 is 1.95 bits per heavy atom. The SMILES string of the molecule is COc1ccc(OC)c(NC(=O)c2cccc(F)c2N)c1. The molecule has 0 spiro atoms. The minimum atomic E-state index is -0.639. The molecule has 5 nitrogen and oxygen atoms in total. The van der Waals surface area contributed by atoms with Gasteiger partial charge in [0.2, 0.25) is 0 Å². The second-order valence-electron chi connectivity index (χ2n) is 4.22. The van der Waals surface area contributed by atoms with E-state index in [0.717, 1.165) is 0 Å². The van der Waals surface area contributed by atoms with Crippen molar-refractivity contribution in [1.82, 2.24) is 0 Å². The number of nitrogen functional groups attached to an aromatic ring is 1. The predicted molar refractivity (Wildman–Crippen MR) is 78.3 cm³/mol. The van der Waals surface area contributed by atoms with E-state index in [1.165, 1.54) is 32.4 Å². The average Bonchev–Trinajstić information content (AvgIpc) is 2.49. The molecule has 0 saturated carbocycles. The van der Waals surface area contributed by atoms with Gasteiger partial charge in [0.1, 0.15) is 17.3 Å². The molecule has 21 heavy (non-hydrogen) atoms. The van der Waals surface area contributed by atoms with Crippen LogP contribution in [0.5, 0.6) is 11.5 Å². The van der Waals surface area contributed by atoms with E-state index < -0.39 is 11.7 Å². The van der Waals surface area contributed by atoms with Crippen LogP contribution in [0.1, 0.15) is 10.4 Å². The number of halogens is 1. The van der Waals surface area contributed by atoms with E-state index in [4.69, 9.17) is 15.2 Å². The summed E-state index contributed by atoms with van der Waals surface area (Å²) in [4.78, 5) is 12.2. The molecular weight excluding hydrogens is 275 g/mol. The number of para-hydroxylation sites is 1. The minimum absolute atomic E-state index is 0.0554. The first-order chi connectivity index (χ1) is 10.1. The molecule has 0 aliphatic heterocycles. The summed E-state index contributed by atoms with van der Waals surface area (Å²) in [7, 11) is 2.99. The molecule has 3 N–H and O–H groups in total.